The second-order valence-electron chi connectivity index (χ2n) is 3.64. The normalized spacial score (nSPS) is 13.8. The van der Waals surface area contributed by atoms with Crippen LogP contribution in [0, 0.1) is 0 Å². The van der Waals surface area contributed by atoms with Crippen LogP contribution in [-0.2, 0) is 9.53 Å². The van der Waals surface area contributed by atoms with Gasteiger partial charge in [-0.05, 0) is 31.5 Å². The summed E-state index contributed by atoms with van der Waals surface area (Å²) in [5.74, 6) is -0.169. The first-order chi connectivity index (χ1) is 8.60. The molecule has 0 saturated heterocycles. The lowest BCUT2D eigenvalue weighted by Gasteiger charge is -2.17. The van der Waals surface area contributed by atoms with Crippen molar-refractivity contribution in [2.45, 2.75) is 26.1 Å². The maximum absolute atomic E-state index is 11.3. The number of ether oxygens (including phenoxy) is 2. The lowest BCUT2D eigenvalue weighted by Crippen LogP contribution is -2.29. The maximum Gasteiger partial charge on any atom is 0.338 e. The zero-order valence-electron chi connectivity index (χ0n) is 10.5. The van der Waals surface area contributed by atoms with Gasteiger partial charge in [-0.25, -0.2) is 4.79 Å². The third-order valence-corrected chi connectivity index (χ3v) is 2.36. The Balaban J connectivity index is 2.71. The van der Waals surface area contributed by atoms with Gasteiger partial charge in [0.05, 0.1) is 13.2 Å². The zero-order chi connectivity index (χ0) is 13.5. The van der Waals surface area contributed by atoms with Crippen molar-refractivity contribution >= 4 is 5.97 Å². The third-order valence-electron chi connectivity index (χ3n) is 2.36. The highest BCUT2D eigenvalue weighted by atomic mass is 16.5. The Morgan fingerprint density at radius 1 is 1.17 bits per heavy atom. The molecule has 0 amide bonds. The molecular weight excluding hydrogens is 236 g/mol. The molecule has 1 aromatic rings. The Kier molecular flexibility index (Phi) is 5.61. The van der Waals surface area contributed by atoms with Crippen molar-refractivity contribution in [1.82, 2.24) is 0 Å². The van der Waals surface area contributed by atoms with E-state index in [2.05, 4.69) is 4.74 Å². The summed E-state index contributed by atoms with van der Waals surface area (Å²) in [5, 5.41) is 19.4. The Bertz CT molecular complexity index is 373. The highest BCUT2D eigenvalue weighted by Crippen LogP contribution is 2.21. The van der Waals surface area contributed by atoms with Gasteiger partial charge in [0.2, 0.25) is 0 Å². The first kappa shape index (κ1) is 14.5. The fourth-order valence-corrected chi connectivity index (χ4v) is 1.47. The first-order valence-electron chi connectivity index (χ1n) is 5.85. The molecular formula is C13H18O5. The van der Waals surface area contributed by atoms with Crippen molar-refractivity contribution in [3.8, 4) is 5.75 Å². The summed E-state index contributed by atoms with van der Waals surface area (Å²) in [6.45, 7) is 4.21. The van der Waals surface area contributed by atoms with E-state index in [1.165, 1.54) is 0 Å². The van der Waals surface area contributed by atoms with Crippen LogP contribution in [0.4, 0.5) is 0 Å². The van der Waals surface area contributed by atoms with Gasteiger partial charge in [-0.2, -0.15) is 0 Å². The molecule has 0 aliphatic rings. The number of rotatable bonds is 6. The molecule has 0 heterocycles. The van der Waals surface area contributed by atoms with Gasteiger partial charge in [-0.15, -0.1) is 0 Å². The van der Waals surface area contributed by atoms with Crippen LogP contribution in [-0.4, -0.2) is 35.5 Å². The van der Waals surface area contributed by atoms with Gasteiger partial charge >= 0.3 is 5.97 Å². The van der Waals surface area contributed by atoms with E-state index in [0.717, 1.165) is 0 Å². The Morgan fingerprint density at radius 3 is 2.28 bits per heavy atom. The fraction of sp³-hybridized carbons (Fsp3) is 0.462. The monoisotopic (exact) mass is 254 g/mol. The molecule has 5 nitrogen and oxygen atoms in total. The topological polar surface area (TPSA) is 76.0 Å². The Hall–Kier alpha value is -1.59. The second kappa shape index (κ2) is 6.98. The van der Waals surface area contributed by atoms with Gasteiger partial charge in [-0.1, -0.05) is 12.1 Å². The molecule has 0 bridgehead atoms. The van der Waals surface area contributed by atoms with Crippen molar-refractivity contribution < 1.29 is 24.5 Å². The summed E-state index contributed by atoms with van der Waals surface area (Å²) in [7, 11) is 0. The van der Waals surface area contributed by atoms with E-state index in [0.29, 0.717) is 17.9 Å². The van der Waals surface area contributed by atoms with E-state index < -0.39 is 18.2 Å². The molecule has 1 aromatic carbocycles. The van der Waals surface area contributed by atoms with Crippen LogP contribution >= 0.6 is 0 Å². The van der Waals surface area contributed by atoms with Crippen LogP contribution in [0.25, 0.3) is 0 Å². The number of benzene rings is 1. The molecule has 5 heteroatoms. The minimum Gasteiger partial charge on any atom is -0.494 e. The number of carbonyl (C=O) groups is 1. The summed E-state index contributed by atoms with van der Waals surface area (Å²) in [4.78, 5) is 11.3. The maximum atomic E-state index is 11.3. The quantitative estimate of drug-likeness (QED) is 0.742. The molecule has 0 spiro atoms. The van der Waals surface area contributed by atoms with Crippen LogP contribution in [0.5, 0.6) is 5.75 Å². The highest BCUT2D eigenvalue weighted by Gasteiger charge is 2.26. The molecule has 0 radical (unpaired) electrons. The molecule has 0 aromatic heterocycles. The van der Waals surface area contributed by atoms with E-state index >= 15 is 0 Å². The molecule has 2 N–H and O–H groups in total. The summed E-state index contributed by atoms with van der Waals surface area (Å²) < 4.78 is 9.89. The van der Waals surface area contributed by atoms with Crippen molar-refractivity contribution in [1.29, 1.82) is 0 Å². The van der Waals surface area contributed by atoms with E-state index in [4.69, 9.17) is 4.74 Å². The van der Waals surface area contributed by atoms with Gasteiger partial charge in [0.25, 0.3) is 0 Å². The molecule has 2 unspecified atom stereocenters. The van der Waals surface area contributed by atoms with Crippen LogP contribution in [0.15, 0.2) is 24.3 Å². The number of aliphatic hydroxyl groups excluding tert-OH is 2. The SMILES string of the molecule is CCOC(=O)C(O)C(O)c1ccc(OCC)cc1. The van der Waals surface area contributed by atoms with Gasteiger partial charge in [0.15, 0.2) is 6.10 Å². The fourth-order valence-electron chi connectivity index (χ4n) is 1.47. The number of hydrogen-bond acceptors (Lipinski definition) is 5. The average molecular weight is 254 g/mol. The first-order valence-corrected chi connectivity index (χ1v) is 5.85. The Morgan fingerprint density at radius 2 is 1.78 bits per heavy atom. The molecule has 0 aliphatic heterocycles. The Labute approximate surface area is 106 Å². The van der Waals surface area contributed by atoms with E-state index in [9.17, 15) is 15.0 Å². The van der Waals surface area contributed by atoms with Gasteiger partial charge in [-0.3, -0.25) is 0 Å². The predicted octanol–water partition coefficient (Wildman–Crippen LogP) is 1.04. The summed E-state index contributed by atoms with van der Waals surface area (Å²) in [5.41, 5.74) is 0.430. The molecule has 0 aliphatic carbocycles. The van der Waals surface area contributed by atoms with Crippen molar-refractivity contribution in [2.75, 3.05) is 13.2 Å². The lowest BCUT2D eigenvalue weighted by molar-refractivity contribution is -0.159. The number of esters is 1. The largest absolute Gasteiger partial charge is 0.494 e. The minimum atomic E-state index is -1.58. The second-order valence-corrected chi connectivity index (χ2v) is 3.64. The number of carbonyl (C=O) groups excluding carboxylic acids is 1. The number of hydrogen-bond donors (Lipinski definition) is 2. The van der Waals surface area contributed by atoms with Gasteiger partial charge < -0.3 is 19.7 Å². The van der Waals surface area contributed by atoms with E-state index in [1.54, 1.807) is 31.2 Å². The molecule has 2 atom stereocenters. The standard InChI is InChI=1S/C13H18O5/c1-3-17-10-7-5-9(6-8-10)11(14)12(15)13(16)18-4-2/h5-8,11-12,14-15H,3-4H2,1-2H3. The molecule has 100 valence electrons. The molecule has 18 heavy (non-hydrogen) atoms. The minimum absolute atomic E-state index is 0.159. The van der Waals surface area contributed by atoms with Gasteiger partial charge in [0.1, 0.15) is 11.9 Å². The van der Waals surface area contributed by atoms with Crippen LogP contribution in [0.1, 0.15) is 25.5 Å². The predicted molar refractivity (Wildman–Crippen MR) is 65.2 cm³/mol. The summed E-state index contributed by atoms with van der Waals surface area (Å²) >= 11 is 0. The smallest absolute Gasteiger partial charge is 0.338 e. The molecule has 1 rings (SSSR count). The van der Waals surface area contributed by atoms with Crippen molar-refractivity contribution in [2.24, 2.45) is 0 Å². The van der Waals surface area contributed by atoms with Crippen molar-refractivity contribution in [3.63, 3.8) is 0 Å². The van der Waals surface area contributed by atoms with Crippen molar-refractivity contribution in [3.05, 3.63) is 29.8 Å². The summed E-state index contributed by atoms with van der Waals surface area (Å²) in [6.07, 6.45) is -2.89. The van der Waals surface area contributed by atoms with Crippen LogP contribution in [0.3, 0.4) is 0 Å². The zero-order valence-corrected chi connectivity index (χ0v) is 10.5. The van der Waals surface area contributed by atoms with Crippen LogP contribution < -0.4 is 4.74 Å². The van der Waals surface area contributed by atoms with E-state index in [1.807, 2.05) is 6.92 Å². The van der Waals surface area contributed by atoms with Crippen LogP contribution in [0.2, 0.25) is 0 Å². The third kappa shape index (κ3) is 3.72. The molecule has 0 fully saturated rings. The van der Waals surface area contributed by atoms with Gasteiger partial charge in [0, 0.05) is 0 Å². The highest BCUT2D eigenvalue weighted by molar-refractivity contribution is 5.75. The van der Waals surface area contributed by atoms with E-state index in [-0.39, 0.29) is 6.61 Å². The lowest BCUT2D eigenvalue weighted by atomic mass is 10.0. The summed E-state index contributed by atoms with van der Waals surface area (Å²) in [6, 6.07) is 6.52. The number of aliphatic hydroxyl groups is 2. The average Bonchev–Trinajstić information content (AvgIpc) is 2.38. The molecule has 0 saturated carbocycles.